The molecule has 1 aromatic carbocycles. The monoisotopic (exact) mass is 243 g/mol. The molecule has 0 aliphatic carbocycles. The molecule has 0 atom stereocenters. The van der Waals surface area contributed by atoms with Gasteiger partial charge in [0.2, 0.25) is 0 Å². The molecule has 3 nitrogen and oxygen atoms in total. The Morgan fingerprint density at radius 2 is 1.67 bits per heavy atom. The molecule has 1 heterocycles. The van der Waals surface area contributed by atoms with Crippen LogP contribution in [0.25, 0.3) is 5.69 Å². The van der Waals surface area contributed by atoms with Crippen molar-refractivity contribution in [1.29, 1.82) is 0 Å². The van der Waals surface area contributed by atoms with Gasteiger partial charge in [-0.2, -0.15) is 0 Å². The molecule has 3 heteroatoms. The first kappa shape index (κ1) is 12.4. The zero-order valence-corrected chi connectivity index (χ0v) is 11.2. The third-order valence-corrected chi connectivity index (χ3v) is 3.07. The number of nitrogens with zero attached hydrogens (tertiary/aromatic N) is 1. The van der Waals surface area contributed by atoms with Crippen molar-refractivity contribution in [3.63, 3.8) is 0 Å². The first-order chi connectivity index (χ1) is 8.54. The molecule has 0 saturated heterocycles. The van der Waals surface area contributed by atoms with Gasteiger partial charge in [0.1, 0.15) is 0 Å². The molecular weight excluding hydrogens is 226 g/mol. The van der Waals surface area contributed by atoms with Gasteiger partial charge in [0.25, 0.3) is 0 Å². The summed E-state index contributed by atoms with van der Waals surface area (Å²) >= 11 is 0. The molecule has 0 amide bonds. The van der Waals surface area contributed by atoms with Crippen molar-refractivity contribution in [2.24, 2.45) is 0 Å². The van der Waals surface area contributed by atoms with Crippen molar-refractivity contribution >= 4 is 5.97 Å². The minimum atomic E-state index is -0.308. The number of hydrogen-bond donors (Lipinski definition) is 0. The molecule has 0 aliphatic heterocycles. The van der Waals surface area contributed by atoms with Crippen LogP contribution in [-0.4, -0.2) is 17.6 Å². The number of aromatic nitrogens is 1. The van der Waals surface area contributed by atoms with Gasteiger partial charge in [-0.05, 0) is 50.6 Å². The van der Waals surface area contributed by atoms with Crippen molar-refractivity contribution in [1.82, 2.24) is 4.57 Å². The molecule has 94 valence electrons. The van der Waals surface area contributed by atoms with Gasteiger partial charge in [-0.25, -0.2) is 4.79 Å². The quantitative estimate of drug-likeness (QED) is 0.758. The van der Waals surface area contributed by atoms with E-state index in [1.807, 2.05) is 51.1 Å². The van der Waals surface area contributed by atoms with E-state index in [-0.39, 0.29) is 5.97 Å². The number of ether oxygens (including phenoxy) is 1. The number of benzene rings is 1. The Labute approximate surface area is 107 Å². The van der Waals surface area contributed by atoms with E-state index in [0.717, 1.165) is 22.6 Å². The summed E-state index contributed by atoms with van der Waals surface area (Å²) in [7, 11) is 1.40. The highest BCUT2D eigenvalue weighted by atomic mass is 16.5. The molecule has 0 N–H and O–H groups in total. The van der Waals surface area contributed by atoms with E-state index in [1.165, 1.54) is 7.11 Å². The van der Waals surface area contributed by atoms with Crippen molar-refractivity contribution < 1.29 is 9.53 Å². The Kier molecular flexibility index (Phi) is 3.24. The summed E-state index contributed by atoms with van der Waals surface area (Å²) < 4.78 is 6.91. The van der Waals surface area contributed by atoms with Crippen LogP contribution in [0.15, 0.2) is 30.3 Å². The Morgan fingerprint density at radius 3 is 2.22 bits per heavy atom. The van der Waals surface area contributed by atoms with Gasteiger partial charge in [0, 0.05) is 11.4 Å². The third-order valence-electron chi connectivity index (χ3n) is 3.07. The second-order valence-corrected chi connectivity index (χ2v) is 4.46. The zero-order chi connectivity index (χ0) is 13.3. The molecule has 0 fully saturated rings. The van der Waals surface area contributed by atoms with Gasteiger partial charge in [-0.3, -0.25) is 0 Å². The van der Waals surface area contributed by atoms with Gasteiger partial charge in [-0.1, -0.05) is 6.07 Å². The lowest BCUT2D eigenvalue weighted by molar-refractivity contribution is 0.0601. The van der Waals surface area contributed by atoms with Crippen LogP contribution in [0.4, 0.5) is 0 Å². The van der Waals surface area contributed by atoms with Crippen LogP contribution in [0.3, 0.4) is 0 Å². The summed E-state index contributed by atoms with van der Waals surface area (Å²) in [6.45, 7) is 6.06. The molecule has 0 radical (unpaired) electrons. The van der Waals surface area contributed by atoms with Crippen LogP contribution in [0.1, 0.15) is 27.3 Å². The van der Waals surface area contributed by atoms with Crippen LogP contribution in [0.2, 0.25) is 0 Å². The molecule has 0 aliphatic rings. The number of rotatable bonds is 2. The number of methoxy groups -OCH3 is 1. The maximum absolute atomic E-state index is 11.8. The molecule has 18 heavy (non-hydrogen) atoms. The summed E-state index contributed by atoms with van der Waals surface area (Å²) in [5, 5.41) is 0. The molecule has 1 aromatic heterocycles. The van der Waals surface area contributed by atoms with E-state index < -0.39 is 0 Å². The first-order valence-corrected chi connectivity index (χ1v) is 5.89. The largest absolute Gasteiger partial charge is 0.465 e. The highest BCUT2D eigenvalue weighted by Crippen LogP contribution is 2.22. The third kappa shape index (κ3) is 2.04. The maximum atomic E-state index is 11.8. The molecule has 0 unspecified atom stereocenters. The van der Waals surface area contributed by atoms with Gasteiger partial charge in [0.05, 0.1) is 18.4 Å². The predicted octanol–water partition coefficient (Wildman–Crippen LogP) is 3.19. The standard InChI is InChI=1S/C15H17NO2/c1-10-5-8-13(15(17)18-4)14(9-10)16-11(2)6-7-12(16)3/h5-9H,1-4H3. The first-order valence-electron chi connectivity index (χ1n) is 5.89. The maximum Gasteiger partial charge on any atom is 0.339 e. The summed E-state index contributed by atoms with van der Waals surface area (Å²) in [5.41, 5.74) is 4.78. The van der Waals surface area contributed by atoms with E-state index in [0.29, 0.717) is 5.56 Å². The highest BCUT2D eigenvalue weighted by Gasteiger charge is 2.15. The van der Waals surface area contributed by atoms with Crippen LogP contribution in [0, 0.1) is 20.8 Å². The summed E-state index contributed by atoms with van der Waals surface area (Å²) in [6.07, 6.45) is 0. The second-order valence-electron chi connectivity index (χ2n) is 4.46. The SMILES string of the molecule is COC(=O)c1ccc(C)cc1-n1c(C)ccc1C. The molecular formula is C15H17NO2. The summed E-state index contributed by atoms with van der Waals surface area (Å²) in [4.78, 5) is 11.8. The van der Waals surface area contributed by atoms with Crippen LogP contribution in [-0.2, 0) is 4.74 Å². The topological polar surface area (TPSA) is 31.2 Å². The van der Waals surface area contributed by atoms with E-state index in [1.54, 1.807) is 0 Å². The lowest BCUT2D eigenvalue weighted by Crippen LogP contribution is -2.09. The molecule has 0 saturated carbocycles. The molecule has 2 aromatic rings. The van der Waals surface area contributed by atoms with Gasteiger partial charge < -0.3 is 9.30 Å². The number of esters is 1. The molecule has 2 rings (SSSR count). The van der Waals surface area contributed by atoms with Crippen molar-refractivity contribution in [2.45, 2.75) is 20.8 Å². The zero-order valence-electron chi connectivity index (χ0n) is 11.2. The minimum Gasteiger partial charge on any atom is -0.465 e. The molecule has 0 spiro atoms. The Morgan fingerprint density at radius 1 is 1.06 bits per heavy atom. The number of aryl methyl sites for hydroxylation is 3. The van der Waals surface area contributed by atoms with Crippen LogP contribution < -0.4 is 0 Å². The fourth-order valence-corrected chi connectivity index (χ4v) is 2.16. The lowest BCUT2D eigenvalue weighted by Gasteiger charge is -2.14. The average Bonchev–Trinajstić information content (AvgIpc) is 2.68. The number of hydrogen-bond acceptors (Lipinski definition) is 2. The van der Waals surface area contributed by atoms with Crippen molar-refractivity contribution in [3.8, 4) is 5.69 Å². The summed E-state index contributed by atoms with van der Waals surface area (Å²) in [6, 6.07) is 9.82. The predicted molar refractivity (Wildman–Crippen MR) is 71.3 cm³/mol. The second kappa shape index (κ2) is 4.69. The van der Waals surface area contributed by atoms with E-state index in [9.17, 15) is 4.79 Å². The van der Waals surface area contributed by atoms with Crippen molar-refractivity contribution in [3.05, 3.63) is 52.8 Å². The Hall–Kier alpha value is -2.03. The fourth-order valence-electron chi connectivity index (χ4n) is 2.16. The van der Waals surface area contributed by atoms with Gasteiger partial charge in [-0.15, -0.1) is 0 Å². The van der Waals surface area contributed by atoms with E-state index in [2.05, 4.69) is 4.57 Å². The normalized spacial score (nSPS) is 10.4. The van der Waals surface area contributed by atoms with Crippen LogP contribution >= 0.6 is 0 Å². The average molecular weight is 243 g/mol. The Balaban J connectivity index is 2.69. The van der Waals surface area contributed by atoms with E-state index >= 15 is 0 Å². The number of carbonyl (C=O) groups excluding carboxylic acids is 1. The van der Waals surface area contributed by atoms with E-state index in [4.69, 9.17) is 4.74 Å². The molecule has 0 bridgehead atoms. The minimum absolute atomic E-state index is 0.308. The Bertz CT molecular complexity index is 577. The smallest absolute Gasteiger partial charge is 0.339 e. The lowest BCUT2D eigenvalue weighted by atomic mass is 10.1. The van der Waals surface area contributed by atoms with Crippen molar-refractivity contribution in [2.75, 3.05) is 7.11 Å². The van der Waals surface area contributed by atoms with Crippen LogP contribution in [0.5, 0.6) is 0 Å². The summed E-state index contributed by atoms with van der Waals surface area (Å²) in [5.74, 6) is -0.308. The fraction of sp³-hybridized carbons (Fsp3) is 0.267. The van der Waals surface area contributed by atoms with Gasteiger partial charge in [0.15, 0.2) is 0 Å². The highest BCUT2D eigenvalue weighted by molar-refractivity contribution is 5.93. The van der Waals surface area contributed by atoms with Gasteiger partial charge >= 0.3 is 5.97 Å². The number of carbonyl (C=O) groups is 1.